The Morgan fingerprint density at radius 3 is 1.09 bits per heavy atom. The molecule has 4 aromatic rings. The van der Waals surface area contributed by atoms with Crippen molar-refractivity contribution in [1.82, 2.24) is 0 Å². The van der Waals surface area contributed by atoms with Gasteiger partial charge in [-0.25, -0.2) is 0 Å². The molecular weight excluding hydrogens is 773 g/mol. The molecule has 53 heavy (non-hydrogen) atoms. The molecule has 286 valence electrons. The van der Waals surface area contributed by atoms with Gasteiger partial charge in [-0.15, -0.1) is 0 Å². The van der Waals surface area contributed by atoms with Crippen LogP contribution in [0, 0.1) is 27.7 Å². The van der Waals surface area contributed by atoms with Crippen molar-refractivity contribution in [1.29, 1.82) is 0 Å². The third-order valence-electron chi connectivity index (χ3n) is 8.16. The fraction of sp³-hybridized carbons (Fsp3) is 0.314. The second-order valence-electron chi connectivity index (χ2n) is 12.3. The van der Waals surface area contributed by atoms with Crippen LogP contribution in [-0.2, 0) is 66.7 Å². The molecule has 1 aliphatic rings. The summed E-state index contributed by atoms with van der Waals surface area (Å²) < 4.78 is 143. The van der Waals surface area contributed by atoms with Gasteiger partial charge in [0.2, 0.25) is 0 Å². The van der Waals surface area contributed by atoms with Gasteiger partial charge in [-0.2, -0.15) is 33.7 Å². The summed E-state index contributed by atoms with van der Waals surface area (Å²) in [5.41, 5.74) is 2.90. The largest absolute Gasteiger partial charge is 0.353 e. The van der Waals surface area contributed by atoms with E-state index in [4.69, 9.17) is 26.2 Å². The third kappa shape index (κ3) is 9.76. The number of benzene rings is 4. The van der Waals surface area contributed by atoms with Crippen LogP contribution in [0.4, 0.5) is 0 Å². The molecule has 0 N–H and O–H groups in total. The van der Waals surface area contributed by atoms with Crippen LogP contribution in [0.3, 0.4) is 0 Å². The molecule has 5 atom stereocenters. The van der Waals surface area contributed by atoms with E-state index in [-0.39, 0.29) is 19.6 Å². The lowest BCUT2D eigenvalue weighted by Gasteiger charge is -2.43. The fourth-order valence-corrected chi connectivity index (χ4v) is 9.37. The summed E-state index contributed by atoms with van der Waals surface area (Å²) in [6, 6.07) is 22.0. The molecule has 0 aliphatic carbocycles. The Hall–Kier alpha value is -3.56. The lowest BCUT2D eigenvalue weighted by molar-refractivity contribution is -0.277. The zero-order chi connectivity index (χ0) is 38.8. The summed E-state index contributed by atoms with van der Waals surface area (Å²) in [6.07, 6.45) is -9.98. The molecule has 0 amide bonds. The van der Waals surface area contributed by atoms with Crippen molar-refractivity contribution in [2.24, 2.45) is 0 Å². The van der Waals surface area contributed by atoms with Crippen LogP contribution in [0.2, 0.25) is 0 Å². The van der Waals surface area contributed by atoms with Crippen molar-refractivity contribution in [3.8, 4) is 0 Å². The highest BCUT2D eigenvalue weighted by Crippen LogP contribution is 2.35. The molecule has 1 saturated heterocycles. The first-order valence-electron chi connectivity index (χ1n) is 16.0. The van der Waals surface area contributed by atoms with Gasteiger partial charge in [-0.05, 0) is 76.2 Å². The third-order valence-corrected chi connectivity index (χ3v) is 13.4. The van der Waals surface area contributed by atoms with E-state index < -0.39 is 77.8 Å². The van der Waals surface area contributed by atoms with Gasteiger partial charge in [-0.1, -0.05) is 70.8 Å². The van der Waals surface area contributed by atoms with Crippen molar-refractivity contribution in [2.45, 2.75) is 78.0 Å². The lowest BCUT2D eigenvalue weighted by Crippen LogP contribution is -2.62. The lowest BCUT2D eigenvalue weighted by atomic mass is 9.99. The predicted molar refractivity (Wildman–Crippen MR) is 190 cm³/mol. The van der Waals surface area contributed by atoms with Gasteiger partial charge in [-0.3, -0.25) is 16.7 Å². The molecule has 0 spiro atoms. The second kappa shape index (κ2) is 16.0. The summed E-state index contributed by atoms with van der Waals surface area (Å²) in [5.74, 6) is 0. The minimum atomic E-state index is -4.86. The van der Waals surface area contributed by atoms with Crippen LogP contribution in [0.5, 0.6) is 0 Å². The molecule has 14 nitrogen and oxygen atoms in total. The molecule has 1 heterocycles. The van der Waals surface area contributed by atoms with Gasteiger partial charge in [0.15, 0.2) is 12.4 Å². The SMILES string of the molecule is COC1OC(COS(=O)(=O)c2ccc(C)cc2)C(OS(=O)(=O)c2ccc(C)cc2)C(OS(=O)(=O)c2ccc(C)cc2)C1OS(=O)(=O)c1ccc(C)cc1. The maximum atomic E-state index is 13.8. The zero-order valence-corrected chi connectivity index (χ0v) is 32.4. The van der Waals surface area contributed by atoms with E-state index >= 15 is 0 Å². The van der Waals surface area contributed by atoms with E-state index in [1.54, 1.807) is 27.7 Å². The molecule has 0 radical (unpaired) electrons. The van der Waals surface area contributed by atoms with Crippen LogP contribution >= 0.6 is 0 Å². The normalized spacial score (nSPS) is 21.3. The number of aryl methyl sites for hydroxylation is 4. The molecule has 0 aromatic heterocycles. The monoisotopic (exact) mass is 810 g/mol. The highest BCUT2D eigenvalue weighted by molar-refractivity contribution is 7.87. The average Bonchev–Trinajstić information content (AvgIpc) is 3.10. The van der Waals surface area contributed by atoms with Gasteiger partial charge >= 0.3 is 0 Å². The fourth-order valence-electron chi connectivity index (χ4n) is 5.18. The Bertz CT molecular complexity index is 2330. The van der Waals surface area contributed by atoms with E-state index in [9.17, 15) is 33.7 Å². The molecule has 4 aromatic carbocycles. The van der Waals surface area contributed by atoms with Crippen LogP contribution in [0.1, 0.15) is 22.3 Å². The standard InChI is InChI=1S/C35H38O14S4/c1-23-6-14-27(15-7-23)50(36,37)45-22-31-32(47-51(38,39)28-16-8-24(2)9-17-28)33(48-52(40,41)29-18-10-25(3)11-19-29)34(35(44-5)46-31)49-53(42,43)30-20-12-26(4)13-21-30/h6-21,31-35H,22H2,1-5H3. The van der Waals surface area contributed by atoms with Gasteiger partial charge < -0.3 is 9.47 Å². The molecular formula is C35H38O14S4. The minimum absolute atomic E-state index is 0.243. The first-order chi connectivity index (χ1) is 24.8. The Balaban J connectivity index is 1.63. The van der Waals surface area contributed by atoms with Crippen LogP contribution in [0.15, 0.2) is 117 Å². The molecule has 1 aliphatic heterocycles. The topological polar surface area (TPSA) is 192 Å². The smallest absolute Gasteiger partial charge is 0.297 e. The summed E-state index contributed by atoms with van der Waals surface area (Å²) in [5, 5.41) is 0. The molecule has 5 unspecified atom stereocenters. The maximum absolute atomic E-state index is 13.8. The van der Waals surface area contributed by atoms with Crippen molar-refractivity contribution in [2.75, 3.05) is 13.7 Å². The van der Waals surface area contributed by atoms with Gasteiger partial charge in [0.05, 0.1) is 26.2 Å². The van der Waals surface area contributed by atoms with E-state index in [0.29, 0.717) is 11.1 Å². The summed E-state index contributed by atoms with van der Waals surface area (Å²) >= 11 is 0. The van der Waals surface area contributed by atoms with E-state index in [0.717, 1.165) is 18.2 Å². The average molecular weight is 811 g/mol. The number of hydrogen-bond donors (Lipinski definition) is 0. The Morgan fingerprint density at radius 1 is 0.453 bits per heavy atom. The number of ether oxygens (including phenoxy) is 2. The van der Waals surface area contributed by atoms with Crippen molar-refractivity contribution in [3.05, 3.63) is 119 Å². The highest BCUT2D eigenvalue weighted by atomic mass is 32.2. The second-order valence-corrected chi connectivity index (χ2v) is 18.6. The summed E-state index contributed by atoms with van der Waals surface area (Å²) in [4.78, 5) is -1.32. The molecule has 18 heteroatoms. The number of rotatable bonds is 14. The number of hydrogen-bond acceptors (Lipinski definition) is 14. The van der Waals surface area contributed by atoms with E-state index in [1.807, 2.05) is 0 Å². The zero-order valence-electron chi connectivity index (χ0n) is 29.2. The molecule has 1 fully saturated rings. The Labute approximate surface area is 310 Å². The highest BCUT2D eigenvalue weighted by Gasteiger charge is 2.54. The summed E-state index contributed by atoms with van der Waals surface area (Å²) in [7, 11) is -17.9. The first kappa shape index (κ1) is 40.6. The predicted octanol–water partition coefficient (Wildman–Crippen LogP) is 4.32. The Kier molecular flexibility index (Phi) is 12.3. The molecule has 5 rings (SSSR count). The Morgan fingerprint density at radius 2 is 0.755 bits per heavy atom. The first-order valence-corrected chi connectivity index (χ1v) is 21.6. The summed E-state index contributed by atoms with van der Waals surface area (Å²) in [6.45, 7) is 5.94. The van der Waals surface area contributed by atoms with Crippen molar-refractivity contribution in [3.63, 3.8) is 0 Å². The van der Waals surface area contributed by atoms with Crippen LogP contribution < -0.4 is 0 Å². The van der Waals surface area contributed by atoms with Gasteiger partial charge in [0, 0.05) is 7.11 Å². The minimum Gasteiger partial charge on any atom is -0.353 e. The van der Waals surface area contributed by atoms with Gasteiger partial charge in [0.1, 0.15) is 18.3 Å². The van der Waals surface area contributed by atoms with Crippen LogP contribution in [-0.4, -0.2) is 78.1 Å². The molecule has 0 bridgehead atoms. The number of methoxy groups -OCH3 is 1. The maximum Gasteiger partial charge on any atom is 0.297 e. The molecule has 0 saturated carbocycles. The van der Waals surface area contributed by atoms with Crippen LogP contribution in [0.25, 0.3) is 0 Å². The van der Waals surface area contributed by atoms with Crippen molar-refractivity contribution >= 4 is 40.5 Å². The van der Waals surface area contributed by atoms with Crippen molar-refractivity contribution < 1.29 is 59.9 Å². The van der Waals surface area contributed by atoms with E-state index in [2.05, 4.69) is 0 Å². The van der Waals surface area contributed by atoms with Gasteiger partial charge in [0.25, 0.3) is 40.5 Å². The van der Waals surface area contributed by atoms with E-state index in [1.165, 1.54) is 97.1 Å². The quantitative estimate of drug-likeness (QED) is 0.164.